The van der Waals surface area contributed by atoms with Gasteiger partial charge in [0.05, 0.1) is 12.2 Å². The first kappa shape index (κ1) is 19.2. The van der Waals surface area contributed by atoms with E-state index in [2.05, 4.69) is 39.6 Å². The zero-order valence-electron chi connectivity index (χ0n) is 13.9. The molecule has 22 heavy (non-hydrogen) atoms. The normalized spacial score (nSPS) is 19.6. The van der Waals surface area contributed by atoms with Gasteiger partial charge in [-0.1, -0.05) is 0 Å². The third kappa shape index (κ3) is 6.12. The second-order valence-corrected chi connectivity index (χ2v) is 5.79. The summed E-state index contributed by atoms with van der Waals surface area (Å²) < 4.78 is 1.86. The predicted octanol–water partition coefficient (Wildman–Crippen LogP) is 1.43. The average Bonchev–Trinajstić information content (AvgIpc) is 2.87. The number of piperidine rings is 1. The Balaban J connectivity index is 0.00000242. The molecule has 0 saturated carbocycles. The number of nitrogens with one attached hydrogen (secondary N) is 2. The molecule has 1 aliphatic rings. The highest BCUT2D eigenvalue weighted by Gasteiger charge is 2.17. The molecule has 6 nitrogen and oxygen atoms in total. The summed E-state index contributed by atoms with van der Waals surface area (Å²) in [6.07, 6.45) is 4.41. The standard InChI is InChI=1S/C15H28N6.HI/c1-4-16-15(18-11-14-7-8-19-21(14)3)17-10-13-6-5-9-20(2)12-13;/h7-8,13H,4-6,9-12H2,1-3H3,(H2,16,17,18);1H. The van der Waals surface area contributed by atoms with Gasteiger partial charge in [0.15, 0.2) is 5.96 Å². The Morgan fingerprint density at radius 2 is 2.23 bits per heavy atom. The molecule has 0 aliphatic carbocycles. The zero-order valence-corrected chi connectivity index (χ0v) is 16.2. The summed E-state index contributed by atoms with van der Waals surface area (Å²) in [5.74, 6) is 1.61. The maximum atomic E-state index is 4.64. The van der Waals surface area contributed by atoms with Crippen LogP contribution in [0.4, 0.5) is 0 Å². The van der Waals surface area contributed by atoms with Gasteiger partial charge in [-0.15, -0.1) is 24.0 Å². The lowest BCUT2D eigenvalue weighted by atomic mass is 9.99. The maximum absolute atomic E-state index is 4.64. The van der Waals surface area contributed by atoms with Crippen LogP contribution >= 0.6 is 24.0 Å². The Morgan fingerprint density at radius 1 is 1.41 bits per heavy atom. The quantitative estimate of drug-likeness (QED) is 0.430. The highest BCUT2D eigenvalue weighted by molar-refractivity contribution is 14.0. The van der Waals surface area contributed by atoms with E-state index in [4.69, 9.17) is 0 Å². The fourth-order valence-corrected chi connectivity index (χ4v) is 2.74. The fraction of sp³-hybridized carbons (Fsp3) is 0.733. The number of nitrogens with zero attached hydrogens (tertiary/aromatic N) is 4. The van der Waals surface area contributed by atoms with Crippen molar-refractivity contribution in [3.05, 3.63) is 18.0 Å². The minimum absolute atomic E-state index is 0. The number of aromatic nitrogens is 2. The number of aryl methyl sites for hydroxylation is 1. The molecule has 2 rings (SSSR count). The SMILES string of the molecule is CCNC(=NCc1ccnn1C)NCC1CCCN(C)C1.I. The summed E-state index contributed by atoms with van der Waals surface area (Å²) in [6.45, 7) is 7.01. The van der Waals surface area contributed by atoms with Gasteiger partial charge in [-0.05, 0) is 45.3 Å². The first-order valence-electron chi connectivity index (χ1n) is 7.86. The highest BCUT2D eigenvalue weighted by atomic mass is 127. The van der Waals surface area contributed by atoms with Crippen molar-refractivity contribution in [2.24, 2.45) is 18.0 Å². The molecule has 0 spiro atoms. The molecule has 2 heterocycles. The van der Waals surface area contributed by atoms with Crippen molar-refractivity contribution in [1.82, 2.24) is 25.3 Å². The van der Waals surface area contributed by atoms with Crippen molar-refractivity contribution in [1.29, 1.82) is 0 Å². The molecule has 0 bridgehead atoms. The van der Waals surface area contributed by atoms with Gasteiger partial charge in [-0.3, -0.25) is 4.68 Å². The van der Waals surface area contributed by atoms with E-state index < -0.39 is 0 Å². The number of hydrogen-bond acceptors (Lipinski definition) is 3. The summed E-state index contributed by atoms with van der Waals surface area (Å²) >= 11 is 0. The number of likely N-dealkylation sites (tertiary alicyclic amines) is 1. The second kappa shape index (κ2) is 10.0. The first-order valence-corrected chi connectivity index (χ1v) is 7.86. The average molecular weight is 420 g/mol. The second-order valence-electron chi connectivity index (χ2n) is 5.79. The van der Waals surface area contributed by atoms with Crippen molar-refractivity contribution >= 4 is 29.9 Å². The molecule has 0 aromatic carbocycles. The molecule has 1 fully saturated rings. The highest BCUT2D eigenvalue weighted by Crippen LogP contribution is 2.13. The van der Waals surface area contributed by atoms with Gasteiger partial charge < -0.3 is 15.5 Å². The zero-order chi connectivity index (χ0) is 15.1. The molecule has 7 heteroatoms. The summed E-state index contributed by atoms with van der Waals surface area (Å²) in [7, 11) is 4.15. The van der Waals surface area contributed by atoms with Gasteiger partial charge in [-0.2, -0.15) is 5.10 Å². The van der Waals surface area contributed by atoms with Crippen LogP contribution in [0.25, 0.3) is 0 Å². The Morgan fingerprint density at radius 3 is 2.86 bits per heavy atom. The summed E-state index contributed by atoms with van der Waals surface area (Å²) in [5, 5.41) is 11.0. The van der Waals surface area contributed by atoms with E-state index in [1.165, 1.54) is 25.9 Å². The van der Waals surface area contributed by atoms with Gasteiger partial charge >= 0.3 is 0 Å². The first-order chi connectivity index (χ1) is 10.2. The largest absolute Gasteiger partial charge is 0.357 e. The Labute approximate surface area is 150 Å². The van der Waals surface area contributed by atoms with Crippen LogP contribution in [-0.4, -0.2) is 53.9 Å². The minimum atomic E-state index is 0. The number of guanidine groups is 1. The van der Waals surface area contributed by atoms with E-state index in [0.717, 1.165) is 24.7 Å². The van der Waals surface area contributed by atoms with Gasteiger partial charge in [-0.25, -0.2) is 4.99 Å². The Kier molecular flexibility index (Phi) is 8.77. The van der Waals surface area contributed by atoms with E-state index in [0.29, 0.717) is 12.5 Å². The van der Waals surface area contributed by atoms with E-state index in [1.807, 2.05) is 24.0 Å². The van der Waals surface area contributed by atoms with E-state index in [1.54, 1.807) is 0 Å². The van der Waals surface area contributed by atoms with Crippen LogP contribution in [0, 0.1) is 5.92 Å². The number of aliphatic imine (C=N–C) groups is 1. The van der Waals surface area contributed by atoms with Crippen LogP contribution < -0.4 is 10.6 Å². The summed E-state index contributed by atoms with van der Waals surface area (Å²) in [5.41, 5.74) is 1.12. The van der Waals surface area contributed by atoms with Crippen molar-refractivity contribution in [2.45, 2.75) is 26.3 Å². The Bertz CT molecular complexity index is 459. The van der Waals surface area contributed by atoms with Gasteiger partial charge in [0.1, 0.15) is 0 Å². The van der Waals surface area contributed by atoms with Gasteiger partial charge in [0.2, 0.25) is 0 Å². The van der Waals surface area contributed by atoms with Crippen LogP contribution in [0.3, 0.4) is 0 Å². The van der Waals surface area contributed by atoms with Crippen molar-refractivity contribution < 1.29 is 0 Å². The van der Waals surface area contributed by atoms with Crippen molar-refractivity contribution in [3.63, 3.8) is 0 Å². The number of rotatable bonds is 5. The van der Waals surface area contributed by atoms with Crippen LogP contribution in [0.15, 0.2) is 17.3 Å². The fourth-order valence-electron chi connectivity index (χ4n) is 2.74. The minimum Gasteiger partial charge on any atom is -0.357 e. The molecule has 126 valence electrons. The molecule has 1 atom stereocenters. The smallest absolute Gasteiger partial charge is 0.191 e. The number of halogens is 1. The van der Waals surface area contributed by atoms with E-state index in [9.17, 15) is 0 Å². The van der Waals surface area contributed by atoms with Crippen molar-refractivity contribution in [3.8, 4) is 0 Å². The summed E-state index contributed by atoms with van der Waals surface area (Å²) in [4.78, 5) is 7.05. The van der Waals surface area contributed by atoms with Gasteiger partial charge in [0.25, 0.3) is 0 Å². The Hall–Kier alpha value is -0.830. The van der Waals surface area contributed by atoms with Gasteiger partial charge in [0, 0.05) is 32.9 Å². The molecule has 2 N–H and O–H groups in total. The molecule has 0 radical (unpaired) electrons. The third-order valence-corrected chi connectivity index (χ3v) is 3.95. The third-order valence-electron chi connectivity index (χ3n) is 3.95. The molecule has 1 aromatic rings. The molecule has 1 aliphatic heterocycles. The van der Waals surface area contributed by atoms with Crippen LogP contribution in [0.2, 0.25) is 0 Å². The van der Waals surface area contributed by atoms with E-state index >= 15 is 0 Å². The lowest BCUT2D eigenvalue weighted by molar-refractivity contribution is 0.210. The molecule has 1 unspecified atom stereocenters. The lowest BCUT2D eigenvalue weighted by Gasteiger charge is -2.30. The molecular formula is C15H29IN6. The van der Waals surface area contributed by atoms with E-state index in [-0.39, 0.29) is 24.0 Å². The number of hydrogen-bond donors (Lipinski definition) is 2. The summed E-state index contributed by atoms with van der Waals surface area (Å²) in [6, 6.07) is 2.00. The van der Waals surface area contributed by atoms with Crippen LogP contribution in [-0.2, 0) is 13.6 Å². The van der Waals surface area contributed by atoms with Crippen molar-refractivity contribution in [2.75, 3.05) is 33.2 Å². The topological polar surface area (TPSA) is 57.5 Å². The maximum Gasteiger partial charge on any atom is 0.191 e. The predicted molar refractivity (Wildman–Crippen MR) is 102 cm³/mol. The molecular weight excluding hydrogens is 391 g/mol. The molecule has 1 saturated heterocycles. The van der Waals surface area contributed by atoms with Crippen LogP contribution in [0.1, 0.15) is 25.5 Å². The molecule has 1 aromatic heterocycles. The van der Waals surface area contributed by atoms with Crippen LogP contribution in [0.5, 0.6) is 0 Å². The molecule has 0 amide bonds. The lowest BCUT2D eigenvalue weighted by Crippen LogP contribution is -2.43. The monoisotopic (exact) mass is 420 g/mol.